The van der Waals surface area contributed by atoms with Gasteiger partial charge in [0.2, 0.25) is 0 Å². The van der Waals surface area contributed by atoms with Gasteiger partial charge in [0, 0.05) is 13.0 Å². The number of aliphatic carboxylic acids is 1. The lowest BCUT2D eigenvalue weighted by atomic mass is 9.98. The highest BCUT2D eigenvalue weighted by Gasteiger charge is 2.29. The SMILES string of the molecule is COCC(NC(=O)OCC1c2ccccc2-c2ccccc21)C(=O)NOCC(=O)O. The smallest absolute Gasteiger partial charge is 0.407 e. The van der Waals surface area contributed by atoms with E-state index in [0.29, 0.717) is 0 Å². The summed E-state index contributed by atoms with van der Waals surface area (Å²) in [6.07, 6.45) is -0.799. The number of benzene rings is 2. The summed E-state index contributed by atoms with van der Waals surface area (Å²) < 4.78 is 10.3. The molecule has 9 heteroatoms. The predicted molar refractivity (Wildman–Crippen MR) is 106 cm³/mol. The van der Waals surface area contributed by atoms with E-state index in [1.165, 1.54) is 7.11 Å². The number of nitrogens with one attached hydrogen (secondary N) is 2. The first-order valence-corrected chi connectivity index (χ1v) is 9.25. The van der Waals surface area contributed by atoms with Gasteiger partial charge >= 0.3 is 12.1 Å². The van der Waals surface area contributed by atoms with Gasteiger partial charge in [0.15, 0.2) is 6.61 Å². The van der Waals surface area contributed by atoms with Crippen LogP contribution in [0.3, 0.4) is 0 Å². The predicted octanol–water partition coefficient (Wildman–Crippen LogP) is 1.67. The van der Waals surface area contributed by atoms with Crippen molar-refractivity contribution < 1.29 is 33.8 Å². The fourth-order valence-electron chi connectivity index (χ4n) is 3.37. The molecule has 2 aromatic rings. The Morgan fingerprint density at radius 1 is 1.03 bits per heavy atom. The highest BCUT2D eigenvalue weighted by Crippen LogP contribution is 2.44. The summed E-state index contributed by atoms with van der Waals surface area (Å²) in [7, 11) is 1.36. The van der Waals surface area contributed by atoms with Gasteiger partial charge in [-0.2, -0.15) is 0 Å². The van der Waals surface area contributed by atoms with Crippen LogP contribution in [0.2, 0.25) is 0 Å². The number of methoxy groups -OCH3 is 1. The Labute approximate surface area is 172 Å². The molecule has 1 atom stereocenters. The van der Waals surface area contributed by atoms with Gasteiger partial charge < -0.3 is 19.9 Å². The number of carboxylic acid groups (broad SMARTS) is 1. The maximum absolute atomic E-state index is 12.3. The van der Waals surface area contributed by atoms with Crippen molar-refractivity contribution in [3.05, 3.63) is 59.7 Å². The van der Waals surface area contributed by atoms with Crippen LogP contribution in [-0.4, -0.2) is 56.0 Å². The molecule has 30 heavy (non-hydrogen) atoms. The fourth-order valence-corrected chi connectivity index (χ4v) is 3.37. The molecule has 2 aromatic carbocycles. The number of amides is 2. The number of carboxylic acids is 1. The summed E-state index contributed by atoms with van der Waals surface area (Å²) in [5, 5.41) is 10.9. The number of ether oxygens (including phenoxy) is 2. The second-order valence-electron chi connectivity index (χ2n) is 6.63. The fraction of sp³-hybridized carbons (Fsp3) is 0.286. The first-order valence-electron chi connectivity index (χ1n) is 9.25. The van der Waals surface area contributed by atoms with Crippen LogP contribution in [0.15, 0.2) is 48.5 Å². The minimum Gasteiger partial charge on any atom is -0.479 e. The summed E-state index contributed by atoms with van der Waals surface area (Å²) in [5.74, 6) is -2.12. The van der Waals surface area contributed by atoms with Crippen molar-refractivity contribution in [3.8, 4) is 11.1 Å². The number of hydroxylamine groups is 1. The Hall–Kier alpha value is -3.43. The summed E-state index contributed by atoms with van der Waals surface area (Å²) in [4.78, 5) is 39.3. The Morgan fingerprint density at radius 3 is 2.20 bits per heavy atom. The molecule has 1 unspecified atom stereocenters. The zero-order valence-corrected chi connectivity index (χ0v) is 16.3. The zero-order chi connectivity index (χ0) is 21.5. The number of hydrogen-bond donors (Lipinski definition) is 3. The maximum Gasteiger partial charge on any atom is 0.407 e. The normalized spacial score (nSPS) is 13.1. The van der Waals surface area contributed by atoms with Gasteiger partial charge in [0.25, 0.3) is 5.91 Å². The monoisotopic (exact) mass is 414 g/mol. The van der Waals surface area contributed by atoms with Crippen LogP contribution in [-0.2, 0) is 23.9 Å². The largest absolute Gasteiger partial charge is 0.479 e. The molecule has 0 fully saturated rings. The van der Waals surface area contributed by atoms with Crippen LogP contribution < -0.4 is 10.8 Å². The molecule has 158 valence electrons. The highest BCUT2D eigenvalue weighted by atomic mass is 16.7. The zero-order valence-electron chi connectivity index (χ0n) is 16.3. The first kappa shape index (κ1) is 21.3. The van der Waals surface area contributed by atoms with Crippen LogP contribution in [0, 0.1) is 0 Å². The molecule has 0 heterocycles. The van der Waals surface area contributed by atoms with Gasteiger partial charge in [-0.25, -0.2) is 15.1 Å². The summed E-state index contributed by atoms with van der Waals surface area (Å²) >= 11 is 0. The van der Waals surface area contributed by atoms with Crippen molar-refractivity contribution in [1.82, 2.24) is 10.8 Å². The molecule has 0 saturated heterocycles. The van der Waals surface area contributed by atoms with Gasteiger partial charge in [-0.15, -0.1) is 0 Å². The van der Waals surface area contributed by atoms with E-state index in [-0.39, 0.29) is 19.1 Å². The van der Waals surface area contributed by atoms with Crippen LogP contribution in [0.25, 0.3) is 11.1 Å². The van der Waals surface area contributed by atoms with Crippen molar-refractivity contribution in [1.29, 1.82) is 0 Å². The topological polar surface area (TPSA) is 123 Å². The quantitative estimate of drug-likeness (QED) is 0.533. The minimum absolute atomic E-state index is 0.0939. The Balaban J connectivity index is 1.60. The summed E-state index contributed by atoms with van der Waals surface area (Å²) in [6.45, 7) is -0.764. The van der Waals surface area contributed by atoms with E-state index < -0.39 is 30.6 Å². The van der Waals surface area contributed by atoms with Crippen LogP contribution in [0.4, 0.5) is 4.79 Å². The molecule has 2 amide bonds. The number of alkyl carbamates (subject to hydrolysis) is 1. The second-order valence-corrected chi connectivity index (χ2v) is 6.63. The number of fused-ring (bicyclic) bond motifs is 3. The summed E-state index contributed by atoms with van der Waals surface area (Å²) in [6, 6.07) is 14.8. The molecule has 0 spiro atoms. The Morgan fingerprint density at radius 2 is 1.63 bits per heavy atom. The van der Waals surface area contributed by atoms with Gasteiger partial charge in [-0.1, -0.05) is 48.5 Å². The molecule has 1 aliphatic carbocycles. The molecule has 0 saturated carbocycles. The van der Waals surface area contributed by atoms with Crippen molar-refractivity contribution in [2.45, 2.75) is 12.0 Å². The van der Waals surface area contributed by atoms with E-state index in [0.717, 1.165) is 22.3 Å². The molecule has 0 radical (unpaired) electrons. The second kappa shape index (κ2) is 9.86. The van der Waals surface area contributed by atoms with Crippen molar-refractivity contribution in [2.24, 2.45) is 0 Å². The Kier molecular flexibility index (Phi) is 6.99. The molecule has 3 rings (SSSR count). The molecular weight excluding hydrogens is 392 g/mol. The third-order valence-corrected chi connectivity index (χ3v) is 4.65. The van der Waals surface area contributed by atoms with E-state index in [2.05, 4.69) is 10.2 Å². The van der Waals surface area contributed by atoms with E-state index >= 15 is 0 Å². The van der Waals surface area contributed by atoms with E-state index in [4.69, 9.17) is 14.6 Å². The molecule has 3 N–H and O–H groups in total. The van der Waals surface area contributed by atoms with Crippen molar-refractivity contribution in [3.63, 3.8) is 0 Å². The highest BCUT2D eigenvalue weighted by molar-refractivity contribution is 5.85. The molecule has 0 aromatic heterocycles. The lowest BCUT2D eigenvalue weighted by Gasteiger charge is -2.19. The first-order chi connectivity index (χ1) is 14.5. The number of rotatable bonds is 9. The average molecular weight is 414 g/mol. The van der Waals surface area contributed by atoms with Crippen LogP contribution in [0.5, 0.6) is 0 Å². The third kappa shape index (κ3) is 4.94. The van der Waals surface area contributed by atoms with Crippen LogP contribution >= 0.6 is 0 Å². The van der Waals surface area contributed by atoms with E-state index in [1.54, 1.807) is 0 Å². The molecule has 0 aliphatic heterocycles. The molecule has 1 aliphatic rings. The molecule has 0 bridgehead atoms. The summed E-state index contributed by atoms with van der Waals surface area (Å²) in [5.41, 5.74) is 6.31. The molecular formula is C21H22N2O7. The number of carbonyl (C=O) groups excluding carboxylic acids is 2. The maximum atomic E-state index is 12.3. The van der Waals surface area contributed by atoms with Gasteiger partial charge in [0.05, 0.1) is 6.61 Å². The standard InChI is InChI=1S/C21H22N2O7/c1-28-11-18(20(26)23-30-12-19(24)25)22-21(27)29-10-17-15-8-4-2-6-13(15)14-7-3-5-9-16(14)17/h2-9,17-18H,10-12H2,1H3,(H,22,27)(H,23,26)(H,24,25). The van der Waals surface area contributed by atoms with Gasteiger partial charge in [-0.05, 0) is 22.3 Å². The average Bonchev–Trinajstić information content (AvgIpc) is 3.05. The van der Waals surface area contributed by atoms with Crippen molar-refractivity contribution in [2.75, 3.05) is 26.9 Å². The lowest BCUT2D eigenvalue weighted by Crippen LogP contribution is -2.49. The number of hydrogen-bond acceptors (Lipinski definition) is 6. The van der Waals surface area contributed by atoms with E-state index in [1.807, 2.05) is 54.0 Å². The van der Waals surface area contributed by atoms with Crippen LogP contribution in [0.1, 0.15) is 17.0 Å². The minimum atomic E-state index is -1.25. The third-order valence-electron chi connectivity index (χ3n) is 4.65. The van der Waals surface area contributed by atoms with E-state index in [9.17, 15) is 14.4 Å². The van der Waals surface area contributed by atoms with Crippen molar-refractivity contribution >= 4 is 18.0 Å². The molecule has 9 nitrogen and oxygen atoms in total. The lowest BCUT2D eigenvalue weighted by molar-refractivity contribution is -0.150. The Bertz CT molecular complexity index is 886. The number of carbonyl (C=O) groups is 3. The van der Waals surface area contributed by atoms with Gasteiger partial charge in [-0.3, -0.25) is 9.63 Å². The van der Waals surface area contributed by atoms with Gasteiger partial charge in [0.1, 0.15) is 12.6 Å².